The van der Waals surface area contributed by atoms with Crippen molar-refractivity contribution in [2.24, 2.45) is 11.7 Å². The molecule has 0 radical (unpaired) electrons. The summed E-state index contributed by atoms with van der Waals surface area (Å²) in [5, 5.41) is 9.19. The van der Waals surface area contributed by atoms with Crippen LogP contribution in [-0.2, 0) is 4.79 Å². The topological polar surface area (TPSA) is 66.6 Å². The zero-order valence-electron chi connectivity index (χ0n) is 9.86. The lowest BCUT2D eigenvalue weighted by Crippen LogP contribution is -2.49. The zero-order valence-corrected chi connectivity index (χ0v) is 9.86. The maximum Gasteiger partial charge on any atom is 0.226 e. The van der Waals surface area contributed by atoms with Crippen LogP contribution >= 0.6 is 0 Å². The standard InChI is InChI=1S/C11H22N2O2/c1-11(2,7-14)13(3)10(15)8-4-5-9(12)6-8/h8-9,14H,4-7,12H2,1-3H3. The maximum atomic E-state index is 12.1. The minimum atomic E-state index is -0.482. The lowest BCUT2D eigenvalue weighted by Gasteiger charge is -2.35. The van der Waals surface area contributed by atoms with Crippen molar-refractivity contribution in [1.82, 2.24) is 4.90 Å². The van der Waals surface area contributed by atoms with Crippen molar-refractivity contribution in [3.63, 3.8) is 0 Å². The number of rotatable bonds is 3. The van der Waals surface area contributed by atoms with E-state index in [1.165, 1.54) is 0 Å². The summed E-state index contributed by atoms with van der Waals surface area (Å²) < 4.78 is 0. The Morgan fingerprint density at radius 2 is 2.13 bits per heavy atom. The molecule has 0 aromatic carbocycles. The first-order valence-electron chi connectivity index (χ1n) is 5.52. The molecule has 1 amide bonds. The molecule has 0 heterocycles. The van der Waals surface area contributed by atoms with Gasteiger partial charge in [0.25, 0.3) is 0 Å². The van der Waals surface area contributed by atoms with Crippen LogP contribution in [0.15, 0.2) is 0 Å². The number of carbonyl (C=O) groups is 1. The highest BCUT2D eigenvalue weighted by Gasteiger charge is 2.34. The molecule has 2 unspecified atom stereocenters. The van der Waals surface area contributed by atoms with Gasteiger partial charge in [-0.15, -0.1) is 0 Å². The highest BCUT2D eigenvalue weighted by Crippen LogP contribution is 2.27. The lowest BCUT2D eigenvalue weighted by atomic mass is 10.00. The van der Waals surface area contributed by atoms with E-state index in [2.05, 4.69) is 0 Å². The molecule has 88 valence electrons. The average molecular weight is 214 g/mol. The molecular formula is C11H22N2O2. The van der Waals surface area contributed by atoms with Gasteiger partial charge in [-0.1, -0.05) is 0 Å². The van der Waals surface area contributed by atoms with Crippen molar-refractivity contribution in [3.8, 4) is 0 Å². The second-order valence-electron chi connectivity index (χ2n) is 5.14. The van der Waals surface area contributed by atoms with Crippen LogP contribution in [0.1, 0.15) is 33.1 Å². The van der Waals surface area contributed by atoms with Crippen LogP contribution in [0.5, 0.6) is 0 Å². The Labute approximate surface area is 91.4 Å². The highest BCUT2D eigenvalue weighted by molar-refractivity contribution is 5.79. The van der Waals surface area contributed by atoms with Gasteiger partial charge >= 0.3 is 0 Å². The van der Waals surface area contributed by atoms with Gasteiger partial charge in [-0.3, -0.25) is 4.79 Å². The third kappa shape index (κ3) is 2.69. The van der Waals surface area contributed by atoms with Crippen LogP contribution in [0.25, 0.3) is 0 Å². The van der Waals surface area contributed by atoms with Crippen LogP contribution in [0.3, 0.4) is 0 Å². The molecule has 0 aromatic heterocycles. The number of aliphatic hydroxyl groups excluding tert-OH is 1. The summed E-state index contributed by atoms with van der Waals surface area (Å²) in [6.45, 7) is 3.70. The van der Waals surface area contributed by atoms with Gasteiger partial charge in [-0.05, 0) is 33.1 Å². The molecule has 4 heteroatoms. The van der Waals surface area contributed by atoms with E-state index in [0.717, 1.165) is 19.3 Å². The van der Waals surface area contributed by atoms with E-state index in [1.807, 2.05) is 13.8 Å². The fourth-order valence-electron chi connectivity index (χ4n) is 1.92. The Morgan fingerprint density at radius 1 is 1.53 bits per heavy atom. The third-order valence-electron chi connectivity index (χ3n) is 3.45. The molecule has 0 aliphatic heterocycles. The summed E-state index contributed by atoms with van der Waals surface area (Å²) in [5.74, 6) is 0.165. The van der Waals surface area contributed by atoms with E-state index < -0.39 is 5.54 Å². The second-order valence-corrected chi connectivity index (χ2v) is 5.14. The quantitative estimate of drug-likeness (QED) is 0.712. The molecule has 4 nitrogen and oxygen atoms in total. The average Bonchev–Trinajstić information content (AvgIpc) is 2.62. The van der Waals surface area contributed by atoms with Crippen molar-refractivity contribution in [2.45, 2.75) is 44.7 Å². The van der Waals surface area contributed by atoms with E-state index >= 15 is 0 Å². The van der Waals surface area contributed by atoms with E-state index in [1.54, 1.807) is 11.9 Å². The number of amides is 1. The number of likely N-dealkylation sites (N-methyl/N-ethyl adjacent to an activating group) is 1. The van der Waals surface area contributed by atoms with Crippen molar-refractivity contribution >= 4 is 5.91 Å². The molecule has 0 saturated heterocycles. The number of hydrogen-bond donors (Lipinski definition) is 2. The lowest BCUT2D eigenvalue weighted by molar-refractivity contribution is -0.140. The predicted octanol–water partition coefficient (Wildman–Crippen LogP) is 0.343. The molecule has 1 fully saturated rings. The van der Waals surface area contributed by atoms with Gasteiger partial charge < -0.3 is 15.7 Å². The van der Waals surface area contributed by atoms with Crippen LogP contribution < -0.4 is 5.73 Å². The van der Waals surface area contributed by atoms with E-state index in [-0.39, 0.29) is 24.5 Å². The molecule has 0 bridgehead atoms. The predicted molar refractivity (Wildman–Crippen MR) is 59.3 cm³/mol. The van der Waals surface area contributed by atoms with Crippen molar-refractivity contribution < 1.29 is 9.90 Å². The molecule has 3 N–H and O–H groups in total. The van der Waals surface area contributed by atoms with E-state index in [4.69, 9.17) is 5.73 Å². The smallest absolute Gasteiger partial charge is 0.226 e. The van der Waals surface area contributed by atoms with Gasteiger partial charge in [0.1, 0.15) is 0 Å². The first-order chi connectivity index (χ1) is 6.88. The molecule has 0 aromatic rings. The number of hydrogen-bond acceptors (Lipinski definition) is 3. The van der Waals surface area contributed by atoms with Crippen molar-refractivity contribution in [2.75, 3.05) is 13.7 Å². The van der Waals surface area contributed by atoms with Crippen LogP contribution in [0.4, 0.5) is 0 Å². The summed E-state index contributed by atoms with van der Waals surface area (Å²) in [6.07, 6.45) is 2.60. The molecule has 1 aliphatic carbocycles. The van der Waals surface area contributed by atoms with E-state index in [9.17, 15) is 9.90 Å². The first kappa shape index (κ1) is 12.5. The Bertz CT molecular complexity index is 241. The van der Waals surface area contributed by atoms with Crippen LogP contribution in [-0.4, -0.2) is 41.1 Å². The monoisotopic (exact) mass is 214 g/mol. The highest BCUT2D eigenvalue weighted by atomic mass is 16.3. The Hall–Kier alpha value is -0.610. The largest absolute Gasteiger partial charge is 0.394 e. The van der Waals surface area contributed by atoms with Crippen LogP contribution in [0, 0.1) is 5.92 Å². The fraction of sp³-hybridized carbons (Fsp3) is 0.909. The van der Waals surface area contributed by atoms with Gasteiger partial charge in [0.05, 0.1) is 12.1 Å². The summed E-state index contributed by atoms with van der Waals surface area (Å²) in [6, 6.07) is 0.171. The Balaban J connectivity index is 2.60. The number of nitrogens with zero attached hydrogens (tertiary/aromatic N) is 1. The molecule has 1 saturated carbocycles. The summed E-state index contributed by atoms with van der Waals surface area (Å²) in [5.41, 5.74) is 5.30. The molecule has 0 spiro atoms. The van der Waals surface area contributed by atoms with Gasteiger partial charge in [0.2, 0.25) is 5.91 Å². The summed E-state index contributed by atoms with van der Waals surface area (Å²) in [4.78, 5) is 13.7. The van der Waals surface area contributed by atoms with Crippen molar-refractivity contribution in [1.29, 1.82) is 0 Å². The van der Waals surface area contributed by atoms with Crippen molar-refractivity contribution in [3.05, 3.63) is 0 Å². The summed E-state index contributed by atoms with van der Waals surface area (Å²) in [7, 11) is 1.75. The first-order valence-corrected chi connectivity index (χ1v) is 5.52. The minimum absolute atomic E-state index is 0.0198. The normalized spacial score (nSPS) is 26.7. The van der Waals surface area contributed by atoms with Crippen LogP contribution in [0.2, 0.25) is 0 Å². The molecule has 1 aliphatic rings. The van der Waals surface area contributed by atoms with Gasteiger partial charge in [-0.2, -0.15) is 0 Å². The molecular weight excluding hydrogens is 192 g/mol. The molecule has 15 heavy (non-hydrogen) atoms. The number of aliphatic hydroxyl groups is 1. The third-order valence-corrected chi connectivity index (χ3v) is 3.45. The second kappa shape index (κ2) is 4.49. The minimum Gasteiger partial charge on any atom is -0.394 e. The fourth-order valence-corrected chi connectivity index (χ4v) is 1.92. The van der Waals surface area contributed by atoms with Gasteiger partial charge in [0, 0.05) is 19.0 Å². The SMILES string of the molecule is CN(C(=O)C1CCC(N)C1)C(C)(C)CO. The molecule has 1 rings (SSSR count). The van der Waals surface area contributed by atoms with E-state index in [0.29, 0.717) is 0 Å². The number of carbonyl (C=O) groups excluding carboxylic acids is 1. The zero-order chi connectivity index (χ0) is 11.6. The Kier molecular flexibility index (Phi) is 3.73. The maximum absolute atomic E-state index is 12.1. The number of nitrogens with two attached hydrogens (primary N) is 1. The van der Waals surface area contributed by atoms with Gasteiger partial charge in [-0.25, -0.2) is 0 Å². The summed E-state index contributed by atoms with van der Waals surface area (Å²) >= 11 is 0. The van der Waals surface area contributed by atoms with Gasteiger partial charge in [0.15, 0.2) is 0 Å². The Morgan fingerprint density at radius 3 is 2.53 bits per heavy atom. The molecule has 2 atom stereocenters.